The van der Waals surface area contributed by atoms with Crippen LogP contribution in [0.1, 0.15) is 16.7 Å². The molecule has 0 saturated carbocycles. The molecule has 1 aromatic heterocycles. The van der Waals surface area contributed by atoms with Gasteiger partial charge in [0, 0.05) is 6.26 Å². The summed E-state index contributed by atoms with van der Waals surface area (Å²) >= 11 is 0. The van der Waals surface area contributed by atoms with Crippen molar-refractivity contribution in [1.82, 2.24) is 9.55 Å². The van der Waals surface area contributed by atoms with Crippen LogP contribution < -0.4 is 10.3 Å². The van der Waals surface area contributed by atoms with Crippen molar-refractivity contribution in [2.75, 3.05) is 6.26 Å². The van der Waals surface area contributed by atoms with Gasteiger partial charge in [-0.1, -0.05) is 60.7 Å². The average molecular weight is 384 g/mol. The smallest absolute Gasteiger partial charge is 0.261 e. The Balaban J connectivity index is 2.02. The van der Waals surface area contributed by atoms with Crippen LogP contribution in [0, 0.1) is 6.92 Å². The van der Waals surface area contributed by atoms with Gasteiger partial charge in [-0.15, -0.1) is 0 Å². The molecule has 0 radical (unpaired) electrons. The molecule has 0 amide bonds. The van der Waals surface area contributed by atoms with Crippen molar-refractivity contribution in [3.63, 3.8) is 0 Å². The summed E-state index contributed by atoms with van der Waals surface area (Å²) in [5.74, 6) is 0.0357. The number of sulfone groups is 1. The van der Waals surface area contributed by atoms with Crippen LogP contribution in [0.4, 0.5) is 0 Å². The quantitative estimate of drug-likeness (QED) is 0.611. The highest BCUT2D eigenvalue weighted by molar-refractivity contribution is 7.90. The van der Waals surface area contributed by atoms with E-state index in [1.165, 1.54) is 4.57 Å². The lowest BCUT2D eigenvalue weighted by molar-refractivity contribution is 0.284. The van der Waals surface area contributed by atoms with E-state index in [0.29, 0.717) is 0 Å². The van der Waals surface area contributed by atoms with Crippen LogP contribution in [0.3, 0.4) is 0 Å². The van der Waals surface area contributed by atoms with E-state index in [-0.39, 0.29) is 29.8 Å². The first-order valence-corrected chi connectivity index (χ1v) is 10.3. The molecule has 0 fully saturated rings. The third kappa shape index (κ3) is 4.43. The molecule has 0 saturated heterocycles. The molecule has 3 rings (SSSR count). The predicted molar refractivity (Wildman–Crippen MR) is 103 cm³/mol. The van der Waals surface area contributed by atoms with E-state index in [1.807, 2.05) is 60.7 Å². The van der Waals surface area contributed by atoms with Crippen LogP contribution in [0.2, 0.25) is 0 Å². The van der Waals surface area contributed by atoms with Crippen molar-refractivity contribution in [3.8, 4) is 5.88 Å². The maximum atomic E-state index is 12.9. The van der Waals surface area contributed by atoms with E-state index in [9.17, 15) is 13.2 Å². The van der Waals surface area contributed by atoms with Gasteiger partial charge in [-0.2, -0.15) is 4.98 Å². The van der Waals surface area contributed by atoms with E-state index in [4.69, 9.17) is 4.74 Å². The monoisotopic (exact) mass is 384 g/mol. The molecule has 0 N–H and O–H groups in total. The van der Waals surface area contributed by atoms with Gasteiger partial charge in [0.2, 0.25) is 20.9 Å². The second-order valence-corrected chi connectivity index (χ2v) is 8.16. The van der Waals surface area contributed by atoms with Crippen molar-refractivity contribution < 1.29 is 13.2 Å². The molecule has 3 aromatic rings. The Labute approximate surface area is 158 Å². The van der Waals surface area contributed by atoms with Gasteiger partial charge in [0.15, 0.2) is 0 Å². The first-order valence-electron chi connectivity index (χ1n) is 8.38. The van der Waals surface area contributed by atoms with E-state index in [1.54, 1.807) is 6.92 Å². The first kappa shape index (κ1) is 18.8. The Hall–Kier alpha value is -2.93. The number of aromatic nitrogens is 2. The summed E-state index contributed by atoms with van der Waals surface area (Å²) in [7, 11) is -3.73. The fraction of sp³-hybridized carbons (Fsp3) is 0.200. The standard InChI is InChI=1S/C20H20N2O4S/c1-15-18(26-14-17-11-7-4-8-12-17)21-20(27(2,24)25)22(19(15)23)13-16-9-5-3-6-10-16/h3-12H,13-14H2,1-2H3. The molecule has 0 aliphatic carbocycles. The summed E-state index contributed by atoms with van der Waals surface area (Å²) in [6, 6.07) is 18.6. The van der Waals surface area contributed by atoms with Crippen LogP contribution in [-0.2, 0) is 23.0 Å². The first-order chi connectivity index (χ1) is 12.9. The van der Waals surface area contributed by atoms with Gasteiger partial charge >= 0.3 is 0 Å². The van der Waals surface area contributed by atoms with E-state index >= 15 is 0 Å². The van der Waals surface area contributed by atoms with E-state index in [2.05, 4.69) is 4.98 Å². The van der Waals surface area contributed by atoms with Crippen LogP contribution in [0.25, 0.3) is 0 Å². The zero-order chi connectivity index (χ0) is 19.4. The SMILES string of the molecule is Cc1c(OCc2ccccc2)nc(S(C)(=O)=O)n(Cc2ccccc2)c1=O. The molecule has 0 spiro atoms. The topological polar surface area (TPSA) is 78.3 Å². The summed E-state index contributed by atoms with van der Waals surface area (Å²) in [4.78, 5) is 17.0. The maximum Gasteiger partial charge on any atom is 0.261 e. The third-order valence-electron chi connectivity index (χ3n) is 4.05. The van der Waals surface area contributed by atoms with Crippen molar-refractivity contribution in [2.24, 2.45) is 0 Å². The Morgan fingerprint density at radius 3 is 2.07 bits per heavy atom. The van der Waals surface area contributed by atoms with Crippen molar-refractivity contribution in [3.05, 3.63) is 87.7 Å². The van der Waals surface area contributed by atoms with Gasteiger partial charge in [0.05, 0.1) is 12.1 Å². The molecule has 0 unspecified atom stereocenters. The second-order valence-electron chi connectivity index (χ2n) is 6.25. The fourth-order valence-corrected chi connectivity index (χ4v) is 3.46. The Morgan fingerprint density at radius 2 is 1.52 bits per heavy atom. The number of rotatable bonds is 6. The molecule has 0 aliphatic heterocycles. The zero-order valence-corrected chi connectivity index (χ0v) is 15.9. The summed E-state index contributed by atoms with van der Waals surface area (Å²) in [5.41, 5.74) is 1.54. The molecular formula is C20H20N2O4S. The molecule has 27 heavy (non-hydrogen) atoms. The number of benzene rings is 2. The minimum Gasteiger partial charge on any atom is -0.472 e. The zero-order valence-electron chi connectivity index (χ0n) is 15.1. The molecule has 0 aliphatic rings. The maximum absolute atomic E-state index is 12.9. The lowest BCUT2D eigenvalue weighted by Crippen LogP contribution is -2.30. The van der Waals surface area contributed by atoms with Crippen molar-refractivity contribution >= 4 is 9.84 Å². The van der Waals surface area contributed by atoms with Crippen LogP contribution in [0.15, 0.2) is 70.6 Å². The molecular weight excluding hydrogens is 364 g/mol. The highest BCUT2D eigenvalue weighted by Gasteiger charge is 2.22. The van der Waals surface area contributed by atoms with Gasteiger partial charge < -0.3 is 4.74 Å². The lowest BCUT2D eigenvalue weighted by Gasteiger charge is -2.15. The molecule has 6 nitrogen and oxygen atoms in total. The van der Waals surface area contributed by atoms with Gasteiger partial charge in [-0.3, -0.25) is 9.36 Å². The van der Waals surface area contributed by atoms with Gasteiger partial charge in [0.1, 0.15) is 6.61 Å². The highest BCUT2D eigenvalue weighted by atomic mass is 32.2. The minimum absolute atomic E-state index is 0.0357. The van der Waals surface area contributed by atoms with Crippen molar-refractivity contribution in [2.45, 2.75) is 25.2 Å². The highest BCUT2D eigenvalue weighted by Crippen LogP contribution is 2.17. The van der Waals surface area contributed by atoms with Gasteiger partial charge in [0.25, 0.3) is 5.56 Å². The van der Waals surface area contributed by atoms with Crippen molar-refractivity contribution in [1.29, 1.82) is 0 Å². The minimum atomic E-state index is -3.73. The number of ether oxygens (including phenoxy) is 1. The molecule has 140 valence electrons. The molecule has 1 heterocycles. The van der Waals surface area contributed by atoms with Crippen LogP contribution in [0.5, 0.6) is 5.88 Å². The van der Waals surface area contributed by atoms with Crippen LogP contribution >= 0.6 is 0 Å². The lowest BCUT2D eigenvalue weighted by atomic mass is 10.2. The number of hydrogen-bond donors (Lipinski definition) is 0. The summed E-state index contributed by atoms with van der Waals surface area (Å²) in [6.07, 6.45) is 1.03. The predicted octanol–water partition coefficient (Wildman–Crippen LogP) is 2.58. The Kier molecular flexibility index (Phi) is 5.41. The summed E-state index contributed by atoms with van der Waals surface area (Å²) in [6.45, 7) is 1.90. The van der Waals surface area contributed by atoms with Crippen LogP contribution in [-0.4, -0.2) is 24.2 Å². The fourth-order valence-electron chi connectivity index (χ4n) is 2.67. The van der Waals surface area contributed by atoms with E-state index in [0.717, 1.165) is 17.4 Å². The molecule has 7 heteroatoms. The number of hydrogen-bond acceptors (Lipinski definition) is 5. The Morgan fingerprint density at radius 1 is 0.963 bits per heavy atom. The normalized spacial score (nSPS) is 11.3. The number of nitrogens with zero attached hydrogens (tertiary/aromatic N) is 2. The van der Waals surface area contributed by atoms with Gasteiger partial charge in [-0.05, 0) is 18.1 Å². The third-order valence-corrected chi connectivity index (χ3v) is 5.02. The van der Waals surface area contributed by atoms with E-state index < -0.39 is 15.4 Å². The van der Waals surface area contributed by atoms with Gasteiger partial charge in [-0.25, -0.2) is 8.42 Å². The summed E-state index contributed by atoms with van der Waals surface area (Å²) < 4.78 is 31.3. The summed E-state index contributed by atoms with van der Waals surface area (Å²) in [5, 5.41) is -0.301. The average Bonchev–Trinajstić information content (AvgIpc) is 2.65. The molecule has 0 atom stereocenters. The second kappa shape index (κ2) is 7.75. The molecule has 0 bridgehead atoms. The largest absolute Gasteiger partial charge is 0.472 e. The molecule has 2 aromatic carbocycles. The Bertz CT molecular complexity index is 1090.